The van der Waals surface area contributed by atoms with E-state index in [0.29, 0.717) is 30.9 Å². The Bertz CT molecular complexity index is 931. The van der Waals surface area contributed by atoms with Crippen molar-refractivity contribution in [1.29, 1.82) is 0 Å². The van der Waals surface area contributed by atoms with Gasteiger partial charge in [-0.1, -0.05) is 30.3 Å². The molecule has 1 saturated heterocycles. The number of amides is 1. The Morgan fingerprint density at radius 1 is 0.970 bits per heavy atom. The highest BCUT2D eigenvalue weighted by Gasteiger charge is 2.42. The number of ether oxygens (including phenoxy) is 4. The molecule has 1 aliphatic heterocycles. The van der Waals surface area contributed by atoms with Gasteiger partial charge in [-0.3, -0.25) is 4.90 Å². The van der Waals surface area contributed by atoms with Crippen molar-refractivity contribution in [2.75, 3.05) is 20.8 Å². The summed E-state index contributed by atoms with van der Waals surface area (Å²) in [5.41, 5.74) is 1.25. The van der Waals surface area contributed by atoms with Gasteiger partial charge in [0, 0.05) is 12.6 Å². The molecule has 7 heteroatoms. The molecule has 2 aromatic carbocycles. The summed E-state index contributed by atoms with van der Waals surface area (Å²) >= 11 is 0. The number of benzene rings is 2. The van der Waals surface area contributed by atoms with Gasteiger partial charge in [0.25, 0.3) is 0 Å². The Balaban J connectivity index is 1.75. The number of nitrogens with zero attached hydrogens (tertiary/aromatic N) is 1. The van der Waals surface area contributed by atoms with Crippen LogP contribution in [0.4, 0.5) is 4.79 Å². The third-order valence-corrected chi connectivity index (χ3v) is 5.45. The van der Waals surface area contributed by atoms with Gasteiger partial charge in [0.15, 0.2) is 0 Å². The van der Waals surface area contributed by atoms with Gasteiger partial charge in [-0.2, -0.15) is 0 Å². The van der Waals surface area contributed by atoms with Crippen molar-refractivity contribution in [2.24, 2.45) is 5.92 Å². The Hall–Kier alpha value is -3.22. The van der Waals surface area contributed by atoms with Gasteiger partial charge in [0.1, 0.15) is 29.7 Å². The summed E-state index contributed by atoms with van der Waals surface area (Å²) in [7, 11) is 3.22. The van der Waals surface area contributed by atoms with Crippen LogP contribution >= 0.6 is 0 Å². The third kappa shape index (κ3) is 6.88. The monoisotopic (exact) mass is 455 g/mol. The number of methoxy groups -OCH3 is 2. The largest absolute Gasteiger partial charge is 0.497 e. The van der Waals surface area contributed by atoms with Crippen LogP contribution in [0.1, 0.15) is 38.3 Å². The first-order valence-electron chi connectivity index (χ1n) is 11.1. The lowest BCUT2D eigenvalue weighted by Crippen LogP contribution is -2.44. The van der Waals surface area contributed by atoms with E-state index < -0.39 is 23.7 Å². The average molecular weight is 456 g/mol. The van der Waals surface area contributed by atoms with E-state index in [4.69, 9.17) is 18.9 Å². The van der Waals surface area contributed by atoms with E-state index >= 15 is 0 Å². The van der Waals surface area contributed by atoms with E-state index in [1.54, 1.807) is 14.2 Å². The summed E-state index contributed by atoms with van der Waals surface area (Å²) in [6.45, 7) is 5.99. The summed E-state index contributed by atoms with van der Waals surface area (Å²) in [5.74, 6) is 1.04. The van der Waals surface area contributed by atoms with E-state index in [2.05, 4.69) is 0 Å². The second-order valence-electron chi connectivity index (χ2n) is 9.27. The lowest BCUT2D eigenvalue weighted by molar-refractivity contribution is -0.150. The van der Waals surface area contributed by atoms with E-state index in [0.717, 1.165) is 11.1 Å². The molecule has 0 bridgehead atoms. The topological polar surface area (TPSA) is 74.3 Å². The third-order valence-electron chi connectivity index (χ3n) is 5.45. The Morgan fingerprint density at radius 2 is 1.61 bits per heavy atom. The Kier molecular flexibility index (Phi) is 7.84. The van der Waals surface area contributed by atoms with Gasteiger partial charge in [-0.15, -0.1) is 0 Å². The molecule has 0 spiro atoms. The maximum Gasteiger partial charge on any atom is 0.411 e. The predicted molar refractivity (Wildman–Crippen MR) is 124 cm³/mol. The van der Waals surface area contributed by atoms with Gasteiger partial charge in [0.2, 0.25) is 0 Å². The molecule has 0 aliphatic carbocycles. The van der Waals surface area contributed by atoms with Crippen LogP contribution in [0.2, 0.25) is 0 Å². The van der Waals surface area contributed by atoms with E-state index in [1.165, 1.54) is 4.90 Å². The summed E-state index contributed by atoms with van der Waals surface area (Å²) in [6.07, 6.45) is 0.650. The van der Waals surface area contributed by atoms with Crippen LogP contribution < -0.4 is 9.47 Å². The number of carbonyl (C=O) groups excluding carboxylic acids is 2. The minimum Gasteiger partial charge on any atom is -0.497 e. The zero-order valence-electron chi connectivity index (χ0n) is 20.0. The minimum absolute atomic E-state index is 0.0589. The Morgan fingerprint density at radius 3 is 2.18 bits per heavy atom. The first-order chi connectivity index (χ1) is 15.7. The first kappa shape index (κ1) is 24.4. The standard InChI is InChI=1S/C26H33NO6/c1-26(2,3)33-25(29)27-16-20(11-19-12-21(30-4)15-22(13-19)31-5)14-23(27)24(28)32-17-18-9-7-6-8-10-18/h6-10,12-13,15,20,23H,11,14,16-17H2,1-5H3/t20-,23+/m0/s1. The number of hydrogen-bond acceptors (Lipinski definition) is 6. The zero-order valence-corrected chi connectivity index (χ0v) is 20.0. The van der Waals surface area contributed by atoms with Crippen LogP contribution in [0, 0.1) is 5.92 Å². The number of esters is 1. The number of carbonyl (C=O) groups is 2. The van der Waals surface area contributed by atoms with Gasteiger partial charge < -0.3 is 18.9 Å². The Labute approximate surface area is 195 Å². The van der Waals surface area contributed by atoms with Crippen LogP contribution in [0.5, 0.6) is 11.5 Å². The molecule has 178 valence electrons. The van der Waals surface area contributed by atoms with Gasteiger partial charge in [0.05, 0.1) is 14.2 Å². The lowest BCUT2D eigenvalue weighted by atomic mass is 9.96. The maximum atomic E-state index is 13.0. The molecule has 0 radical (unpaired) electrons. The summed E-state index contributed by atoms with van der Waals surface area (Å²) in [5, 5.41) is 0. The highest BCUT2D eigenvalue weighted by molar-refractivity contribution is 5.82. The average Bonchev–Trinajstić information content (AvgIpc) is 3.20. The van der Waals surface area contributed by atoms with Crippen molar-refractivity contribution >= 4 is 12.1 Å². The summed E-state index contributed by atoms with van der Waals surface area (Å²) < 4.78 is 21.9. The molecule has 0 unspecified atom stereocenters. The molecular weight excluding hydrogens is 422 g/mol. The highest BCUT2D eigenvalue weighted by Crippen LogP contribution is 2.31. The van der Waals surface area contributed by atoms with E-state index in [-0.39, 0.29) is 12.5 Å². The highest BCUT2D eigenvalue weighted by atomic mass is 16.6. The van der Waals surface area contributed by atoms with E-state index in [9.17, 15) is 9.59 Å². The summed E-state index contributed by atoms with van der Waals surface area (Å²) in [4.78, 5) is 27.4. The molecule has 1 heterocycles. The van der Waals surface area contributed by atoms with Crippen molar-refractivity contribution in [3.05, 3.63) is 59.7 Å². The van der Waals surface area contributed by atoms with Crippen LogP contribution in [-0.2, 0) is 27.3 Å². The van der Waals surface area contributed by atoms with Gasteiger partial charge >= 0.3 is 12.1 Å². The number of rotatable bonds is 7. The fourth-order valence-electron chi connectivity index (χ4n) is 3.96. The van der Waals surface area contributed by atoms with Crippen molar-refractivity contribution < 1.29 is 28.5 Å². The fraction of sp³-hybridized carbons (Fsp3) is 0.462. The molecule has 33 heavy (non-hydrogen) atoms. The van der Waals surface area contributed by atoms with Crippen molar-refractivity contribution in [3.63, 3.8) is 0 Å². The minimum atomic E-state index is -0.693. The zero-order chi connectivity index (χ0) is 24.0. The SMILES string of the molecule is COc1cc(C[C@H]2C[C@H](C(=O)OCc3ccccc3)N(C(=O)OC(C)(C)C)C2)cc(OC)c1. The molecule has 0 N–H and O–H groups in total. The van der Waals surface area contributed by atoms with Crippen LogP contribution in [-0.4, -0.2) is 49.4 Å². The quantitative estimate of drug-likeness (QED) is 0.568. The molecule has 7 nitrogen and oxygen atoms in total. The smallest absolute Gasteiger partial charge is 0.411 e. The predicted octanol–water partition coefficient (Wildman–Crippen LogP) is 4.62. The normalized spacial score (nSPS) is 18.0. The van der Waals surface area contributed by atoms with Crippen molar-refractivity contribution in [2.45, 2.75) is 51.9 Å². The molecule has 1 fully saturated rings. The molecule has 2 atom stereocenters. The number of likely N-dealkylation sites (tertiary alicyclic amines) is 1. The second-order valence-corrected chi connectivity index (χ2v) is 9.27. The van der Waals surface area contributed by atoms with Crippen molar-refractivity contribution in [3.8, 4) is 11.5 Å². The molecule has 3 rings (SSSR count). The molecule has 0 aromatic heterocycles. The lowest BCUT2D eigenvalue weighted by Gasteiger charge is -2.27. The van der Waals surface area contributed by atoms with Crippen LogP contribution in [0.15, 0.2) is 48.5 Å². The van der Waals surface area contributed by atoms with E-state index in [1.807, 2.05) is 69.3 Å². The maximum absolute atomic E-state index is 13.0. The van der Waals surface area contributed by atoms with Gasteiger partial charge in [-0.25, -0.2) is 9.59 Å². The fourth-order valence-corrected chi connectivity index (χ4v) is 3.96. The molecule has 1 amide bonds. The van der Waals surface area contributed by atoms with Crippen LogP contribution in [0.25, 0.3) is 0 Å². The molecular formula is C26H33NO6. The second kappa shape index (κ2) is 10.6. The first-order valence-corrected chi connectivity index (χ1v) is 11.1. The van der Waals surface area contributed by atoms with Crippen molar-refractivity contribution in [1.82, 2.24) is 4.90 Å². The summed E-state index contributed by atoms with van der Waals surface area (Å²) in [6, 6.07) is 14.5. The molecule has 0 saturated carbocycles. The molecule has 1 aliphatic rings. The molecule has 2 aromatic rings. The number of hydrogen-bond donors (Lipinski definition) is 0. The van der Waals surface area contributed by atoms with Gasteiger partial charge in [-0.05, 0) is 62.8 Å². The van der Waals surface area contributed by atoms with Crippen LogP contribution in [0.3, 0.4) is 0 Å².